The van der Waals surface area contributed by atoms with Gasteiger partial charge in [-0.25, -0.2) is 13.1 Å². The molecule has 0 bridgehead atoms. The minimum Gasteiger partial charge on any atom is -0.384 e. The Morgan fingerprint density at radius 2 is 1.95 bits per heavy atom. The van der Waals surface area contributed by atoms with Gasteiger partial charge in [0.2, 0.25) is 10.0 Å². The Morgan fingerprint density at radius 3 is 2.67 bits per heavy atom. The molecule has 1 aromatic heterocycles. The molecule has 2 aromatic rings. The van der Waals surface area contributed by atoms with E-state index in [1.165, 1.54) is 6.20 Å². The summed E-state index contributed by atoms with van der Waals surface area (Å²) < 4.78 is 27.5. The minimum absolute atomic E-state index is 0.167. The van der Waals surface area contributed by atoms with E-state index >= 15 is 0 Å². The van der Waals surface area contributed by atoms with E-state index < -0.39 is 10.0 Å². The first-order valence-electron chi connectivity index (χ1n) is 6.76. The van der Waals surface area contributed by atoms with Gasteiger partial charge in [0, 0.05) is 25.5 Å². The van der Waals surface area contributed by atoms with Crippen LogP contribution in [0.1, 0.15) is 18.1 Å². The van der Waals surface area contributed by atoms with Crippen LogP contribution in [0.5, 0.6) is 0 Å². The number of aromatic nitrogens is 1. The largest absolute Gasteiger partial charge is 0.384 e. The normalized spacial score (nSPS) is 11.3. The highest BCUT2D eigenvalue weighted by Gasteiger charge is 2.18. The summed E-state index contributed by atoms with van der Waals surface area (Å²) in [5.74, 6) is 0. The van der Waals surface area contributed by atoms with Gasteiger partial charge in [0.05, 0.1) is 5.69 Å². The van der Waals surface area contributed by atoms with Crippen LogP contribution < -0.4 is 10.0 Å². The molecule has 6 heteroatoms. The molecule has 0 saturated carbocycles. The van der Waals surface area contributed by atoms with Gasteiger partial charge in [-0.1, -0.05) is 24.3 Å². The summed E-state index contributed by atoms with van der Waals surface area (Å²) in [5, 5.41) is 3.03. The van der Waals surface area contributed by atoms with E-state index in [-0.39, 0.29) is 11.4 Å². The lowest BCUT2D eigenvalue weighted by Gasteiger charge is -2.12. The summed E-state index contributed by atoms with van der Waals surface area (Å²) in [7, 11) is -3.60. The van der Waals surface area contributed by atoms with E-state index in [2.05, 4.69) is 15.0 Å². The summed E-state index contributed by atoms with van der Waals surface area (Å²) in [6.45, 7) is 4.77. The van der Waals surface area contributed by atoms with Crippen molar-refractivity contribution in [3.05, 3.63) is 53.9 Å². The Bertz CT molecular complexity index is 714. The van der Waals surface area contributed by atoms with E-state index in [0.717, 1.165) is 11.1 Å². The average molecular weight is 305 g/mol. The Hall–Kier alpha value is -1.92. The zero-order chi connectivity index (χ0) is 15.3. The molecule has 21 heavy (non-hydrogen) atoms. The number of anilines is 1. The van der Waals surface area contributed by atoms with Crippen molar-refractivity contribution in [3.8, 4) is 0 Å². The summed E-state index contributed by atoms with van der Waals surface area (Å²) in [6.07, 6.45) is 2.93. The first-order valence-corrected chi connectivity index (χ1v) is 8.25. The highest BCUT2D eigenvalue weighted by molar-refractivity contribution is 7.89. The van der Waals surface area contributed by atoms with Crippen LogP contribution in [-0.2, 0) is 16.6 Å². The molecule has 0 aliphatic heterocycles. The standard InChI is InChI=1S/C15H19N3O2S/c1-3-17-14-8-9-16-11-15(14)21(19,20)18-10-13-7-5-4-6-12(13)2/h4-9,11,18H,3,10H2,1-2H3,(H,16,17). The molecule has 112 valence electrons. The maximum Gasteiger partial charge on any atom is 0.244 e. The molecule has 0 aliphatic rings. The van der Waals surface area contributed by atoms with Gasteiger partial charge in [0.1, 0.15) is 4.90 Å². The van der Waals surface area contributed by atoms with Gasteiger partial charge in [-0.15, -0.1) is 0 Å². The lowest BCUT2D eigenvalue weighted by atomic mass is 10.1. The quantitative estimate of drug-likeness (QED) is 0.859. The Morgan fingerprint density at radius 1 is 1.19 bits per heavy atom. The molecule has 0 radical (unpaired) electrons. The molecule has 5 nitrogen and oxygen atoms in total. The van der Waals surface area contributed by atoms with Crippen molar-refractivity contribution in [3.63, 3.8) is 0 Å². The predicted octanol–water partition coefficient (Wildman–Crippen LogP) is 2.30. The van der Waals surface area contributed by atoms with Gasteiger partial charge in [-0.05, 0) is 31.0 Å². The van der Waals surface area contributed by atoms with Crippen LogP contribution in [0.3, 0.4) is 0 Å². The number of nitrogens with zero attached hydrogens (tertiary/aromatic N) is 1. The summed E-state index contributed by atoms with van der Waals surface area (Å²) in [5.41, 5.74) is 2.57. The van der Waals surface area contributed by atoms with E-state index in [4.69, 9.17) is 0 Å². The summed E-state index contributed by atoms with van der Waals surface area (Å²) >= 11 is 0. The SMILES string of the molecule is CCNc1ccncc1S(=O)(=O)NCc1ccccc1C. The molecule has 0 amide bonds. The summed E-state index contributed by atoms with van der Waals surface area (Å²) in [6, 6.07) is 9.35. The van der Waals surface area contributed by atoms with Gasteiger partial charge in [0.25, 0.3) is 0 Å². The number of pyridine rings is 1. The van der Waals surface area contributed by atoms with Crippen molar-refractivity contribution in [1.82, 2.24) is 9.71 Å². The van der Waals surface area contributed by atoms with Crippen LogP contribution in [0.2, 0.25) is 0 Å². The fraction of sp³-hybridized carbons (Fsp3) is 0.267. The molecule has 1 heterocycles. The van der Waals surface area contributed by atoms with Crippen molar-refractivity contribution in [2.24, 2.45) is 0 Å². The molecule has 1 aromatic carbocycles. The third-order valence-electron chi connectivity index (χ3n) is 3.16. The third kappa shape index (κ3) is 3.80. The van der Waals surface area contributed by atoms with Crippen LogP contribution >= 0.6 is 0 Å². The van der Waals surface area contributed by atoms with Gasteiger partial charge in [-0.3, -0.25) is 4.98 Å². The highest BCUT2D eigenvalue weighted by Crippen LogP contribution is 2.19. The second-order valence-electron chi connectivity index (χ2n) is 4.65. The van der Waals surface area contributed by atoms with E-state index in [9.17, 15) is 8.42 Å². The number of hydrogen-bond acceptors (Lipinski definition) is 4. The molecule has 0 atom stereocenters. The number of sulfonamides is 1. The lowest BCUT2D eigenvalue weighted by molar-refractivity contribution is 0.581. The van der Waals surface area contributed by atoms with E-state index in [0.29, 0.717) is 12.2 Å². The van der Waals surface area contributed by atoms with E-state index in [1.807, 2.05) is 38.1 Å². The second-order valence-corrected chi connectivity index (χ2v) is 6.39. The number of benzene rings is 1. The van der Waals surface area contributed by atoms with Crippen LogP contribution in [0.4, 0.5) is 5.69 Å². The van der Waals surface area contributed by atoms with Gasteiger partial charge >= 0.3 is 0 Å². The Kier molecular flexibility index (Phi) is 4.93. The van der Waals surface area contributed by atoms with Crippen molar-refractivity contribution < 1.29 is 8.42 Å². The van der Waals surface area contributed by atoms with Crippen molar-refractivity contribution >= 4 is 15.7 Å². The number of nitrogens with one attached hydrogen (secondary N) is 2. The molecule has 2 rings (SSSR count). The molecular formula is C15H19N3O2S. The third-order valence-corrected chi connectivity index (χ3v) is 4.58. The zero-order valence-corrected chi connectivity index (χ0v) is 12.9. The Labute approximate surface area is 125 Å². The molecule has 2 N–H and O–H groups in total. The van der Waals surface area contributed by atoms with E-state index in [1.54, 1.807) is 12.3 Å². The lowest BCUT2D eigenvalue weighted by Crippen LogP contribution is -2.24. The first-order chi connectivity index (χ1) is 10.0. The maximum absolute atomic E-state index is 12.4. The van der Waals surface area contributed by atoms with Crippen LogP contribution in [0.15, 0.2) is 47.6 Å². The molecule has 0 spiro atoms. The highest BCUT2D eigenvalue weighted by atomic mass is 32.2. The van der Waals surface area contributed by atoms with Crippen molar-refractivity contribution in [1.29, 1.82) is 0 Å². The molecule has 0 aliphatic carbocycles. The molecule has 0 saturated heterocycles. The average Bonchev–Trinajstić information content (AvgIpc) is 2.47. The molecule has 0 unspecified atom stereocenters. The fourth-order valence-electron chi connectivity index (χ4n) is 1.99. The second kappa shape index (κ2) is 6.69. The smallest absolute Gasteiger partial charge is 0.244 e. The maximum atomic E-state index is 12.4. The molecule has 0 fully saturated rings. The predicted molar refractivity (Wildman–Crippen MR) is 83.6 cm³/mol. The van der Waals surface area contributed by atoms with Crippen molar-refractivity contribution in [2.45, 2.75) is 25.3 Å². The number of aryl methyl sites for hydroxylation is 1. The van der Waals surface area contributed by atoms with Gasteiger partial charge in [-0.2, -0.15) is 0 Å². The monoisotopic (exact) mass is 305 g/mol. The summed E-state index contributed by atoms with van der Waals surface area (Å²) in [4.78, 5) is 4.07. The zero-order valence-electron chi connectivity index (χ0n) is 12.1. The minimum atomic E-state index is -3.60. The topological polar surface area (TPSA) is 71.1 Å². The van der Waals surface area contributed by atoms with Crippen molar-refractivity contribution in [2.75, 3.05) is 11.9 Å². The number of hydrogen-bond donors (Lipinski definition) is 2. The Balaban J connectivity index is 2.21. The number of rotatable bonds is 6. The van der Waals surface area contributed by atoms with Crippen LogP contribution in [0, 0.1) is 6.92 Å². The molecular weight excluding hydrogens is 286 g/mol. The van der Waals surface area contributed by atoms with Gasteiger partial charge in [0.15, 0.2) is 0 Å². The van der Waals surface area contributed by atoms with Gasteiger partial charge < -0.3 is 5.32 Å². The van der Waals surface area contributed by atoms with Crippen LogP contribution in [-0.4, -0.2) is 19.9 Å². The first kappa shape index (κ1) is 15.5. The van der Waals surface area contributed by atoms with Crippen LogP contribution in [0.25, 0.3) is 0 Å². The fourth-order valence-corrected chi connectivity index (χ4v) is 3.12.